The average molecular weight is 219 g/mol. The second-order valence-electron chi connectivity index (χ2n) is 4.84. The summed E-state index contributed by atoms with van der Waals surface area (Å²) in [5.41, 5.74) is 2.87. The summed E-state index contributed by atoms with van der Waals surface area (Å²) in [5, 5.41) is 1.36. The molecule has 1 heterocycles. The highest BCUT2D eigenvalue weighted by Gasteiger charge is 2.18. The maximum Gasteiger partial charge on any atom is 0.0595 e. The highest BCUT2D eigenvalue weighted by atomic mass is 32.2. The second kappa shape index (κ2) is 3.60. The molecule has 0 radical (unpaired) electrons. The zero-order valence-corrected chi connectivity index (χ0v) is 10.5. The molecule has 2 rings (SSSR count). The van der Waals surface area contributed by atoms with Gasteiger partial charge in [0.25, 0.3) is 0 Å². The van der Waals surface area contributed by atoms with Gasteiger partial charge in [-0.2, -0.15) is 0 Å². The summed E-state index contributed by atoms with van der Waals surface area (Å²) in [6, 6.07) is 6.50. The van der Waals surface area contributed by atoms with Crippen LogP contribution in [0.25, 0.3) is 10.9 Å². The lowest BCUT2D eigenvalue weighted by molar-refractivity contribution is 0.596. The van der Waals surface area contributed by atoms with E-state index in [0.717, 1.165) is 0 Å². The fourth-order valence-corrected chi connectivity index (χ4v) is 2.50. The van der Waals surface area contributed by atoms with Crippen molar-refractivity contribution in [2.75, 3.05) is 6.26 Å². The van der Waals surface area contributed by atoms with Crippen molar-refractivity contribution < 1.29 is 0 Å². The van der Waals surface area contributed by atoms with Crippen LogP contribution in [0.2, 0.25) is 0 Å². The van der Waals surface area contributed by atoms with Gasteiger partial charge in [-0.3, -0.25) is 0 Å². The molecule has 0 spiro atoms. The molecular weight excluding hydrogens is 202 g/mol. The first-order valence-corrected chi connectivity index (χ1v) is 6.41. The molecule has 1 nitrogen and oxygen atoms in total. The third-order valence-corrected chi connectivity index (χ3v) is 3.49. The Morgan fingerprint density at radius 2 is 1.93 bits per heavy atom. The van der Waals surface area contributed by atoms with E-state index >= 15 is 0 Å². The first-order chi connectivity index (χ1) is 7.04. The number of aromatic nitrogens is 1. The number of hydrogen-bond donors (Lipinski definition) is 1. The van der Waals surface area contributed by atoms with Gasteiger partial charge in [0, 0.05) is 16.5 Å². The highest BCUT2D eigenvalue weighted by molar-refractivity contribution is 7.98. The topological polar surface area (TPSA) is 15.8 Å². The molecule has 15 heavy (non-hydrogen) atoms. The fourth-order valence-electron chi connectivity index (χ4n) is 1.92. The summed E-state index contributed by atoms with van der Waals surface area (Å²) in [7, 11) is 0. The van der Waals surface area contributed by atoms with Crippen molar-refractivity contribution in [1.82, 2.24) is 4.98 Å². The summed E-state index contributed by atoms with van der Waals surface area (Å²) < 4.78 is 0. The molecule has 2 heteroatoms. The number of benzene rings is 1. The molecule has 1 aromatic heterocycles. The fraction of sp³-hybridized carbons (Fsp3) is 0.385. The van der Waals surface area contributed by atoms with Gasteiger partial charge in [-0.05, 0) is 23.3 Å². The lowest BCUT2D eigenvalue weighted by Crippen LogP contribution is -2.09. The van der Waals surface area contributed by atoms with E-state index in [9.17, 15) is 0 Å². The third kappa shape index (κ3) is 1.78. The smallest absolute Gasteiger partial charge is 0.0595 e. The number of nitrogens with one attached hydrogen (secondary N) is 1. The summed E-state index contributed by atoms with van der Waals surface area (Å²) in [6.45, 7) is 6.75. The normalized spacial score (nSPS) is 12.3. The van der Waals surface area contributed by atoms with Gasteiger partial charge in [-0.15, -0.1) is 11.8 Å². The minimum absolute atomic E-state index is 0.204. The molecule has 2 aromatic rings. The summed E-state index contributed by atoms with van der Waals surface area (Å²) in [4.78, 5) is 4.72. The predicted molar refractivity (Wildman–Crippen MR) is 68.8 cm³/mol. The van der Waals surface area contributed by atoms with Crippen molar-refractivity contribution in [3.05, 3.63) is 30.0 Å². The molecule has 1 N–H and O–H groups in total. The van der Waals surface area contributed by atoms with Gasteiger partial charge in [0.1, 0.15) is 0 Å². The lowest BCUT2D eigenvalue weighted by Gasteiger charge is -2.17. The van der Waals surface area contributed by atoms with Crippen LogP contribution in [0.1, 0.15) is 26.3 Å². The Hall–Kier alpha value is -0.890. The Kier molecular flexibility index (Phi) is 2.55. The monoisotopic (exact) mass is 219 g/mol. The summed E-state index contributed by atoms with van der Waals surface area (Å²) in [6.07, 6.45) is 4.26. The molecule has 0 saturated carbocycles. The number of H-pyrrole nitrogens is 1. The van der Waals surface area contributed by atoms with E-state index < -0.39 is 0 Å². The van der Waals surface area contributed by atoms with E-state index in [-0.39, 0.29) is 5.41 Å². The van der Waals surface area contributed by atoms with Crippen molar-refractivity contribution in [2.45, 2.75) is 31.1 Å². The maximum atomic E-state index is 3.39. The van der Waals surface area contributed by atoms with Gasteiger partial charge >= 0.3 is 0 Å². The molecule has 0 aliphatic rings. The molecule has 80 valence electrons. The van der Waals surface area contributed by atoms with Crippen molar-refractivity contribution in [1.29, 1.82) is 0 Å². The SMILES string of the molecule is CSc1cccc2c(C(C)(C)C)c[nH]c12. The Labute approximate surface area is 95.3 Å². The van der Waals surface area contributed by atoms with E-state index in [1.54, 1.807) is 11.8 Å². The molecule has 1 aromatic carbocycles. The number of thioether (sulfide) groups is 1. The van der Waals surface area contributed by atoms with Crippen molar-refractivity contribution in [3.8, 4) is 0 Å². The van der Waals surface area contributed by atoms with Crippen LogP contribution in [0.5, 0.6) is 0 Å². The molecule has 0 saturated heterocycles. The van der Waals surface area contributed by atoms with Crippen LogP contribution < -0.4 is 0 Å². The summed E-state index contributed by atoms with van der Waals surface area (Å²) >= 11 is 1.79. The maximum absolute atomic E-state index is 3.39. The van der Waals surface area contributed by atoms with Gasteiger partial charge in [0.05, 0.1) is 5.52 Å². The Morgan fingerprint density at radius 1 is 1.20 bits per heavy atom. The lowest BCUT2D eigenvalue weighted by atomic mass is 9.87. The van der Waals surface area contributed by atoms with E-state index in [2.05, 4.69) is 56.4 Å². The zero-order chi connectivity index (χ0) is 11.1. The van der Waals surface area contributed by atoms with Gasteiger partial charge in [-0.25, -0.2) is 0 Å². The van der Waals surface area contributed by atoms with Crippen LogP contribution in [-0.4, -0.2) is 11.2 Å². The highest BCUT2D eigenvalue weighted by Crippen LogP contribution is 2.33. The number of rotatable bonds is 1. The molecule has 0 aliphatic carbocycles. The molecular formula is C13H17NS. The molecule has 0 atom stereocenters. The van der Waals surface area contributed by atoms with E-state index in [4.69, 9.17) is 0 Å². The largest absolute Gasteiger partial charge is 0.360 e. The standard InChI is InChI=1S/C13H17NS/c1-13(2,3)10-8-14-12-9(10)6-5-7-11(12)15-4/h5-8,14H,1-4H3. The minimum atomic E-state index is 0.204. The van der Waals surface area contributed by atoms with Crippen LogP contribution in [-0.2, 0) is 5.41 Å². The average Bonchev–Trinajstić information content (AvgIpc) is 2.59. The van der Waals surface area contributed by atoms with Gasteiger partial charge in [0.15, 0.2) is 0 Å². The first-order valence-electron chi connectivity index (χ1n) is 5.18. The molecule has 0 aliphatic heterocycles. The van der Waals surface area contributed by atoms with Crippen molar-refractivity contribution >= 4 is 22.7 Å². The molecule has 0 bridgehead atoms. The van der Waals surface area contributed by atoms with E-state index in [1.165, 1.54) is 21.4 Å². The van der Waals surface area contributed by atoms with E-state index in [0.29, 0.717) is 0 Å². The molecule has 0 amide bonds. The first kappa shape index (κ1) is 10.6. The van der Waals surface area contributed by atoms with Crippen LogP contribution in [0.4, 0.5) is 0 Å². The van der Waals surface area contributed by atoms with E-state index in [1.807, 2.05) is 0 Å². The number of fused-ring (bicyclic) bond motifs is 1. The second-order valence-corrected chi connectivity index (χ2v) is 5.68. The van der Waals surface area contributed by atoms with Gasteiger partial charge < -0.3 is 4.98 Å². The van der Waals surface area contributed by atoms with Gasteiger partial charge in [0.2, 0.25) is 0 Å². The molecule has 0 unspecified atom stereocenters. The zero-order valence-electron chi connectivity index (χ0n) is 9.72. The van der Waals surface area contributed by atoms with Crippen molar-refractivity contribution in [3.63, 3.8) is 0 Å². The quantitative estimate of drug-likeness (QED) is 0.711. The van der Waals surface area contributed by atoms with Crippen molar-refractivity contribution in [2.24, 2.45) is 0 Å². The minimum Gasteiger partial charge on any atom is -0.360 e. The van der Waals surface area contributed by atoms with Gasteiger partial charge in [-0.1, -0.05) is 32.9 Å². The van der Waals surface area contributed by atoms with Crippen LogP contribution in [0.15, 0.2) is 29.3 Å². The third-order valence-electron chi connectivity index (χ3n) is 2.71. The Balaban J connectivity index is 2.72. The Bertz CT molecular complexity index is 477. The van der Waals surface area contributed by atoms with Crippen LogP contribution >= 0.6 is 11.8 Å². The number of aromatic amines is 1. The predicted octanol–water partition coefficient (Wildman–Crippen LogP) is 4.19. The van der Waals surface area contributed by atoms with Crippen LogP contribution in [0.3, 0.4) is 0 Å². The number of hydrogen-bond acceptors (Lipinski definition) is 1. The van der Waals surface area contributed by atoms with Crippen LogP contribution in [0, 0.1) is 0 Å². The summed E-state index contributed by atoms with van der Waals surface area (Å²) in [5.74, 6) is 0. The Morgan fingerprint density at radius 3 is 2.53 bits per heavy atom. The number of para-hydroxylation sites is 1. The molecule has 0 fully saturated rings.